The van der Waals surface area contributed by atoms with Crippen molar-refractivity contribution in [2.24, 2.45) is 0 Å². The van der Waals surface area contributed by atoms with Crippen molar-refractivity contribution in [3.8, 4) is 91.1 Å². The molecule has 0 aliphatic rings. The number of hydrogen-bond acceptors (Lipinski definition) is 13. The van der Waals surface area contributed by atoms with E-state index in [1.165, 1.54) is 0 Å². The number of ether oxygens (including phenoxy) is 4. The van der Waals surface area contributed by atoms with Crippen molar-refractivity contribution in [3.63, 3.8) is 0 Å². The molecule has 0 spiro atoms. The Morgan fingerprint density at radius 3 is 1.02 bits per heavy atom. The van der Waals surface area contributed by atoms with Gasteiger partial charge in [-0.05, 0) is 183 Å². The first-order chi connectivity index (χ1) is 56.0. The smallest absolute Gasteiger partial charge is 0.338 e. The van der Waals surface area contributed by atoms with Gasteiger partial charge in [0.25, 0.3) is 0 Å². The number of esters is 4. The highest BCUT2D eigenvalue weighted by Crippen LogP contribution is 2.43. The molecule has 0 N–H and O–H groups in total. The summed E-state index contributed by atoms with van der Waals surface area (Å²) >= 11 is 0. The van der Waals surface area contributed by atoms with Crippen molar-refractivity contribution >= 4 is 73.2 Å². The summed E-state index contributed by atoms with van der Waals surface area (Å²) in [5.41, 5.74) is 15.8. The molecular weight excluding hydrogens is 1420 g/mol. The van der Waals surface area contributed by atoms with Gasteiger partial charge in [-0.3, -0.25) is 0 Å². The highest BCUT2D eigenvalue weighted by molar-refractivity contribution is 6.15. The monoisotopic (exact) mass is 1480 g/mol. The zero-order valence-corrected chi connectivity index (χ0v) is 60.8. The molecule has 0 saturated carbocycles. The maximum absolute atomic E-state index is 14.1. The highest BCUT2D eigenvalue weighted by atomic mass is 16.5. The van der Waals surface area contributed by atoms with Gasteiger partial charge in [-0.1, -0.05) is 200 Å². The molecule has 17 aromatic rings. The predicted molar refractivity (Wildman–Crippen MR) is 439 cm³/mol. The third-order valence-electron chi connectivity index (χ3n) is 20.0. The third kappa shape index (κ3) is 14.6. The summed E-state index contributed by atoms with van der Waals surface area (Å²) in [6.07, 6.45) is 0. The van der Waals surface area contributed by atoms with Crippen LogP contribution in [-0.4, -0.2) is 48.0 Å². The lowest BCUT2D eigenvalue weighted by molar-refractivity contribution is 0.0464. The second kappa shape index (κ2) is 31.3. The van der Waals surface area contributed by atoms with Crippen LogP contribution < -0.4 is 0 Å². The molecule has 0 unspecified atom stereocenters. The van der Waals surface area contributed by atoms with Crippen molar-refractivity contribution in [1.82, 2.24) is 24.1 Å². The molecule has 0 fully saturated rings. The Labute approximate surface area is 654 Å². The maximum atomic E-state index is 14.1. The van der Waals surface area contributed by atoms with Crippen molar-refractivity contribution in [1.29, 1.82) is 10.5 Å². The summed E-state index contributed by atoms with van der Waals surface area (Å²) in [4.78, 5) is 77.0. The zero-order valence-electron chi connectivity index (χ0n) is 60.8. The van der Waals surface area contributed by atoms with Crippen LogP contribution in [0.3, 0.4) is 0 Å². The van der Waals surface area contributed by atoms with Crippen LogP contribution >= 0.6 is 0 Å². The predicted octanol–water partition coefficient (Wildman–Crippen LogP) is 21.8. The van der Waals surface area contributed by atoms with E-state index in [4.69, 9.17) is 40.5 Å². The van der Waals surface area contributed by atoms with Crippen LogP contribution in [0.1, 0.15) is 74.8 Å². The van der Waals surface area contributed by atoms with Crippen LogP contribution in [0, 0.1) is 29.2 Å². The van der Waals surface area contributed by atoms with Crippen LogP contribution in [0.2, 0.25) is 0 Å². The second-order valence-corrected chi connectivity index (χ2v) is 27.2. The molecule has 16 heteroatoms. The summed E-state index contributed by atoms with van der Waals surface area (Å²) in [5, 5.41) is 22.8. The highest BCUT2D eigenvalue weighted by Gasteiger charge is 2.26. The summed E-state index contributed by atoms with van der Waals surface area (Å²) in [6.45, 7) is 8.42. The fourth-order valence-corrected chi connectivity index (χ4v) is 14.3. The minimum absolute atomic E-state index is 0.0484. The average Bonchev–Trinajstić information content (AvgIpc) is 1.56. The van der Waals surface area contributed by atoms with Gasteiger partial charge < -0.3 is 28.1 Å². The molecule has 0 aliphatic carbocycles. The Hall–Kier alpha value is -16.0. The van der Waals surface area contributed by atoms with E-state index in [-0.39, 0.29) is 66.2 Å². The number of carbonyl (C=O) groups is 4. The fraction of sp³-hybridized carbons (Fsp3) is 0.0408. The minimum Gasteiger partial charge on any atom is -0.457 e. The van der Waals surface area contributed by atoms with Crippen LogP contribution in [0.5, 0.6) is 0 Å². The van der Waals surface area contributed by atoms with Crippen molar-refractivity contribution in [2.45, 2.75) is 26.4 Å². The van der Waals surface area contributed by atoms with Crippen LogP contribution in [-0.2, 0) is 45.4 Å². The van der Waals surface area contributed by atoms with E-state index in [1.54, 1.807) is 72.8 Å². The molecule has 0 atom stereocenters. The lowest BCUT2D eigenvalue weighted by Crippen LogP contribution is -2.05. The van der Waals surface area contributed by atoms with Crippen molar-refractivity contribution < 1.29 is 38.1 Å². The van der Waals surface area contributed by atoms with Gasteiger partial charge in [0.15, 0.2) is 23.2 Å². The average molecular weight is 1480 g/mol. The molecule has 3 heterocycles. The van der Waals surface area contributed by atoms with Gasteiger partial charge in [0, 0.05) is 49.6 Å². The molecule has 0 bridgehead atoms. The largest absolute Gasteiger partial charge is 0.457 e. The topological polar surface area (TPSA) is 206 Å². The molecule has 17 rings (SSSR count). The van der Waals surface area contributed by atoms with Crippen LogP contribution in [0.25, 0.3) is 127 Å². The van der Waals surface area contributed by atoms with Crippen LogP contribution in [0.15, 0.2) is 328 Å². The van der Waals surface area contributed by atoms with E-state index in [1.807, 2.05) is 255 Å². The number of nitrogens with zero attached hydrogens (tertiary/aromatic N) is 8. The normalized spacial score (nSPS) is 11.1. The minimum atomic E-state index is -0.542. The summed E-state index contributed by atoms with van der Waals surface area (Å²) in [6, 6.07) is 105. The Bertz CT molecular complexity index is 6200. The van der Waals surface area contributed by atoms with E-state index in [2.05, 4.69) is 26.1 Å². The van der Waals surface area contributed by atoms with Gasteiger partial charge in [-0.2, -0.15) is 10.5 Å². The number of aromatic nitrogens is 5. The van der Waals surface area contributed by atoms with Gasteiger partial charge in [0.1, 0.15) is 26.4 Å². The number of fused-ring (bicyclic) bond motifs is 6. The van der Waals surface area contributed by atoms with Gasteiger partial charge in [0.05, 0.1) is 74.2 Å². The summed E-state index contributed by atoms with van der Waals surface area (Å²) < 4.78 is 27.7. The number of rotatable bonds is 20. The van der Waals surface area contributed by atoms with Gasteiger partial charge >= 0.3 is 23.9 Å². The van der Waals surface area contributed by atoms with Crippen molar-refractivity contribution in [3.05, 3.63) is 395 Å². The molecule has 0 radical (unpaired) electrons. The molecule has 0 aliphatic heterocycles. The molecule has 114 heavy (non-hydrogen) atoms. The number of hydrogen-bond donors (Lipinski definition) is 0. The SMILES string of the molecule is [C-]#[N+]c1cccc(-c2ccc(-n3c4ccc(C(=O)OCc5ccccc5)cc4c4cc(C(=O)OCc5ccccc5)ccc43)cc2-c2nc(-c3ccc(-c4ccc(C#N)cc4)cc3)nc(-c3cc(-n4c5ccc(C(=O)OCc6ccccc6)cc5c5cc(C(=O)OCc6ccccc6)ccc54)ccc3-c3cccc(C#N)c3)n2)c1. The van der Waals surface area contributed by atoms with E-state index >= 15 is 0 Å². The standard InChI is InChI=1S/C98H62N8O8/c1-101-77-27-15-26-72(49-77)81-43-41-79(106-90-46-38-75(97(109)113-60-65-20-10-4-11-21-65)52-84(90)85-53-76(39-47-91(85)106)98(110)114-61-66-22-12-5-13-23-66)55-87(81)94-103-92(70-34-32-69(33-35-70)68-30-28-62(56-99)29-31-68)102-93(104-94)86-54-78(40-42-80(86)71-25-14-24-67(48-71)57-100)105-88-44-36-73(95(107)111-58-63-16-6-2-7-17-63)50-82(88)83-51-74(37-45-89(83)105)96(108)112-59-64-18-8-3-9-19-64/h2-55H,58-61H2. The van der Waals surface area contributed by atoms with Gasteiger partial charge in [-0.15, -0.1) is 0 Å². The van der Waals surface area contributed by atoms with E-state index in [0.717, 1.165) is 33.4 Å². The quantitative estimate of drug-likeness (QED) is 0.0396. The molecular formula is C98H62N8O8. The molecule has 3 aromatic heterocycles. The molecule has 14 aromatic carbocycles. The number of benzene rings is 14. The zero-order chi connectivity index (χ0) is 77.6. The lowest BCUT2D eigenvalue weighted by Gasteiger charge is -2.17. The van der Waals surface area contributed by atoms with E-state index < -0.39 is 23.9 Å². The summed E-state index contributed by atoms with van der Waals surface area (Å²) in [5.74, 6) is -1.44. The Kier molecular flexibility index (Phi) is 19.5. The maximum Gasteiger partial charge on any atom is 0.338 e. The number of carbonyl (C=O) groups excluding carboxylic acids is 4. The first-order valence-electron chi connectivity index (χ1n) is 36.6. The molecule has 0 amide bonds. The molecule has 542 valence electrons. The Morgan fingerprint density at radius 2 is 0.649 bits per heavy atom. The first-order valence-corrected chi connectivity index (χ1v) is 36.6. The van der Waals surface area contributed by atoms with Crippen molar-refractivity contribution in [2.75, 3.05) is 0 Å². The Morgan fingerprint density at radius 1 is 0.307 bits per heavy atom. The van der Waals surface area contributed by atoms with Crippen LogP contribution in [0.4, 0.5) is 5.69 Å². The Balaban J connectivity index is 0.874. The van der Waals surface area contributed by atoms with E-state index in [9.17, 15) is 29.7 Å². The molecule has 16 nitrogen and oxygen atoms in total. The summed E-state index contributed by atoms with van der Waals surface area (Å²) in [7, 11) is 0. The first kappa shape index (κ1) is 71.0. The molecule has 0 saturated heterocycles. The van der Waals surface area contributed by atoms with E-state index in [0.29, 0.717) is 111 Å². The third-order valence-corrected chi connectivity index (χ3v) is 20.0. The lowest BCUT2D eigenvalue weighted by atomic mass is 9.96. The number of nitriles is 2. The van der Waals surface area contributed by atoms with Gasteiger partial charge in [0.2, 0.25) is 0 Å². The second-order valence-electron chi connectivity index (χ2n) is 27.2. The fourth-order valence-electron chi connectivity index (χ4n) is 14.3. The van der Waals surface area contributed by atoms with Gasteiger partial charge in [-0.25, -0.2) is 39.0 Å².